The fraction of sp³-hybridized carbons (Fsp3) is 0.647. The van der Waals surface area contributed by atoms with Crippen molar-refractivity contribution in [2.45, 2.75) is 38.8 Å². The first-order valence-electron chi connectivity index (χ1n) is 8.16. The summed E-state index contributed by atoms with van der Waals surface area (Å²) in [4.78, 5) is 0. The zero-order chi connectivity index (χ0) is 17.0. The van der Waals surface area contributed by atoms with Crippen LogP contribution < -0.4 is 0 Å². The van der Waals surface area contributed by atoms with Gasteiger partial charge < -0.3 is 18.7 Å². The van der Waals surface area contributed by atoms with Gasteiger partial charge in [-0.15, -0.1) is 0 Å². The van der Waals surface area contributed by atoms with Gasteiger partial charge in [-0.3, -0.25) is 4.57 Å². The highest BCUT2D eigenvalue weighted by molar-refractivity contribution is 7.60. The molecule has 2 atom stereocenters. The van der Waals surface area contributed by atoms with Crippen molar-refractivity contribution in [3.63, 3.8) is 0 Å². The maximum atomic E-state index is 13.7. The zero-order valence-corrected chi connectivity index (χ0v) is 15.3. The fourth-order valence-electron chi connectivity index (χ4n) is 2.80. The fourth-order valence-corrected chi connectivity index (χ4v) is 5.52. The summed E-state index contributed by atoms with van der Waals surface area (Å²) >= 11 is 0. The van der Waals surface area contributed by atoms with E-state index in [1.807, 2.05) is 51.1 Å². The minimum atomic E-state index is -3.27. The van der Waals surface area contributed by atoms with Crippen molar-refractivity contribution in [2.75, 3.05) is 32.6 Å². The highest BCUT2D eigenvalue weighted by Gasteiger charge is 2.58. The SMILES string of the molecule is CCOC(C)(OCC)P(=O)(CC1(c2ccccc2)CO1)OCC. The van der Waals surface area contributed by atoms with Crippen LogP contribution in [0.3, 0.4) is 0 Å². The van der Waals surface area contributed by atoms with E-state index < -0.39 is 18.5 Å². The molecule has 1 aliphatic heterocycles. The Morgan fingerprint density at radius 2 is 1.70 bits per heavy atom. The van der Waals surface area contributed by atoms with Gasteiger partial charge in [0.25, 0.3) is 7.37 Å². The summed E-state index contributed by atoms with van der Waals surface area (Å²) in [6.07, 6.45) is 0.244. The van der Waals surface area contributed by atoms with E-state index in [9.17, 15) is 4.57 Å². The van der Waals surface area contributed by atoms with Crippen LogP contribution in [0.5, 0.6) is 0 Å². The predicted octanol–water partition coefficient (Wildman–Crippen LogP) is 3.97. The van der Waals surface area contributed by atoms with Gasteiger partial charge in [0.2, 0.25) is 5.53 Å². The summed E-state index contributed by atoms with van der Waals surface area (Å²) in [5.41, 5.74) is -0.822. The van der Waals surface area contributed by atoms with Crippen LogP contribution in [0.2, 0.25) is 0 Å². The number of epoxide rings is 1. The predicted molar refractivity (Wildman–Crippen MR) is 89.8 cm³/mol. The lowest BCUT2D eigenvalue weighted by Gasteiger charge is -2.37. The average molecular weight is 342 g/mol. The van der Waals surface area contributed by atoms with Gasteiger partial charge in [-0.05, 0) is 33.3 Å². The van der Waals surface area contributed by atoms with E-state index in [2.05, 4.69) is 0 Å². The quantitative estimate of drug-likeness (QED) is 0.366. The molecule has 0 spiro atoms. The molecule has 1 aromatic carbocycles. The molecule has 0 N–H and O–H groups in total. The van der Waals surface area contributed by atoms with Gasteiger partial charge in [0.05, 0.1) is 19.4 Å². The van der Waals surface area contributed by atoms with Crippen molar-refractivity contribution < 1.29 is 23.3 Å². The van der Waals surface area contributed by atoms with Crippen molar-refractivity contribution >= 4 is 7.37 Å². The number of ether oxygens (including phenoxy) is 3. The lowest BCUT2D eigenvalue weighted by Crippen LogP contribution is -2.37. The molecule has 0 saturated carbocycles. The van der Waals surface area contributed by atoms with Crippen LogP contribution in [0, 0.1) is 0 Å². The standard InChI is InChI=1S/C17H27O5P/c1-5-19-16(4,20-6-2)23(18,22-7-3)14-17(13-21-17)15-11-9-8-10-12-15/h8-12H,5-7,13-14H2,1-4H3. The van der Waals surface area contributed by atoms with Gasteiger partial charge in [-0.1, -0.05) is 30.3 Å². The Kier molecular flexibility index (Phi) is 6.04. The number of benzene rings is 1. The molecule has 5 nitrogen and oxygen atoms in total. The Balaban J connectivity index is 2.32. The number of hydrogen-bond donors (Lipinski definition) is 0. The molecule has 1 heterocycles. The molecular formula is C17H27O5P. The molecule has 0 aromatic heterocycles. The molecule has 130 valence electrons. The van der Waals surface area contributed by atoms with Crippen LogP contribution in [0.15, 0.2) is 30.3 Å². The Morgan fingerprint density at radius 1 is 1.13 bits per heavy atom. The van der Waals surface area contributed by atoms with Crippen LogP contribution in [0.1, 0.15) is 33.3 Å². The lowest BCUT2D eigenvalue weighted by molar-refractivity contribution is -0.168. The van der Waals surface area contributed by atoms with Gasteiger partial charge in [-0.25, -0.2) is 0 Å². The van der Waals surface area contributed by atoms with Crippen LogP contribution in [0.25, 0.3) is 0 Å². The molecule has 0 amide bonds. The Morgan fingerprint density at radius 3 is 2.13 bits per heavy atom. The van der Waals surface area contributed by atoms with Gasteiger partial charge >= 0.3 is 0 Å². The van der Waals surface area contributed by atoms with Gasteiger partial charge in [0.1, 0.15) is 5.60 Å². The second-order valence-electron chi connectivity index (χ2n) is 5.66. The highest BCUT2D eigenvalue weighted by atomic mass is 31.2. The third-order valence-corrected chi connectivity index (χ3v) is 7.14. The summed E-state index contributed by atoms with van der Waals surface area (Å²) < 4.78 is 36.6. The Bertz CT molecular complexity index is 535. The molecule has 0 aliphatic carbocycles. The molecule has 1 aliphatic rings. The van der Waals surface area contributed by atoms with Crippen molar-refractivity contribution in [2.24, 2.45) is 0 Å². The smallest absolute Gasteiger partial charge is 0.263 e. The minimum absolute atomic E-state index is 0.244. The van der Waals surface area contributed by atoms with E-state index in [1.54, 1.807) is 6.92 Å². The monoisotopic (exact) mass is 342 g/mol. The molecule has 2 rings (SSSR count). The molecule has 0 bridgehead atoms. The molecule has 6 heteroatoms. The van der Waals surface area contributed by atoms with E-state index >= 15 is 0 Å². The summed E-state index contributed by atoms with van der Waals surface area (Å²) in [5, 5.41) is 0. The molecular weight excluding hydrogens is 315 g/mol. The van der Waals surface area contributed by atoms with Crippen LogP contribution in [-0.2, 0) is 28.9 Å². The molecule has 23 heavy (non-hydrogen) atoms. The maximum Gasteiger partial charge on any atom is 0.263 e. The topological polar surface area (TPSA) is 57.3 Å². The molecule has 2 unspecified atom stereocenters. The molecule has 0 radical (unpaired) electrons. The van der Waals surface area contributed by atoms with Crippen LogP contribution in [0.4, 0.5) is 0 Å². The summed E-state index contributed by atoms with van der Waals surface area (Å²) in [6.45, 7) is 8.90. The Labute approximate surface area is 138 Å². The first kappa shape index (κ1) is 18.6. The summed E-state index contributed by atoms with van der Waals surface area (Å²) in [7, 11) is -3.27. The normalized spacial score (nSPS) is 23.5. The second kappa shape index (κ2) is 7.45. The first-order valence-corrected chi connectivity index (χ1v) is 9.97. The molecule has 1 fully saturated rings. The van der Waals surface area contributed by atoms with E-state index in [4.69, 9.17) is 18.7 Å². The van der Waals surface area contributed by atoms with Gasteiger partial charge in [-0.2, -0.15) is 0 Å². The van der Waals surface area contributed by atoms with E-state index in [-0.39, 0.29) is 6.16 Å². The summed E-state index contributed by atoms with van der Waals surface area (Å²) in [5.74, 6) is 0. The van der Waals surface area contributed by atoms with Crippen molar-refractivity contribution in [1.29, 1.82) is 0 Å². The Hall–Kier alpha value is -0.710. The zero-order valence-electron chi connectivity index (χ0n) is 14.4. The molecule has 1 saturated heterocycles. The van der Waals surface area contributed by atoms with Crippen molar-refractivity contribution in [1.82, 2.24) is 0 Å². The highest BCUT2D eigenvalue weighted by Crippen LogP contribution is 2.65. The van der Waals surface area contributed by atoms with E-state index in [0.717, 1.165) is 5.56 Å². The first-order chi connectivity index (χ1) is 11.0. The second-order valence-corrected chi connectivity index (χ2v) is 8.40. The maximum absolute atomic E-state index is 13.7. The van der Waals surface area contributed by atoms with Gasteiger partial charge in [0, 0.05) is 13.2 Å². The van der Waals surface area contributed by atoms with Crippen LogP contribution in [-0.4, -0.2) is 38.1 Å². The van der Waals surface area contributed by atoms with E-state index in [0.29, 0.717) is 26.4 Å². The molecule has 1 aromatic rings. The van der Waals surface area contributed by atoms with Crippen molar-refractivity contribution in [3.8, 4) is 0 Å². The van der Waals surface area contributed by atoms with E-state index in [1.165, 1.54) is 0 Å². The third kappa shape index (κ3) is 3.86. The summed E-state index contributed by atoms with van der Waals surface area (Å²) in [6, 6.07) is 9.83. The van der Waals surface area contributed by atoms with Crippen molar-refractivity contribution in [3.05, 3.63) is 35.9 Å². The number of hydrogen-bond acceptors (Lipinski definition) is 5. The number of rotatable bonds is 10. The minimum Gasteiger partial charge on any atom is -0.364 e. The lowest BCUT2D eigenvalue weighted by atomic mass is 10.0. The third-order valence-electron chi connectivity index (χ3n) is 4.04. The largest absolute Gasteiger partial charge is 0.364 e. The van der Waals surface area contributed by atoms with Crippen LogP contribution >= 0.6 is 7.37 Å². The van der Waals surface area contributed by atoms with Gasteiger partial charge in [0.15, 0.2) is 0 Å². The average Bonchev–Trinajstić information content (AvgIpc) is 3.29.